The minimum atomic E-state index is -0.899. The molecule has 0 amide bonds. The maximum Gasteiger partial charge on any atom is 0.0745 e. The first-order valence-electron chi connectivity index (χ1n) is 6.31. The van der Waals surface area contributed by atoms with Crippen molar-refractivity contribution in [3.63, 3.8) is 0 Å². The maximum absolute atomic E-state index is 12.3. The van der Waals surface area contributed by atoms with Gasteiger partial charge in [-0.3, -0.25) is 4.21 Å². The van der Waals surface area contributed by atoms with E-state index in [-0.39, 0.29) is 27.4 Å². The summed E-state index contributed by atoms with van der Waals surface area (Å²) in [4.78, 5) is 0. The van der Waals surface area contributed by atoms with Gasteiger partial charge in [-0.1, -0.05) is 34.6 Å². The summed E-state index contributed by atoms with van der Waals surface area (Å²) in [5.41, 5.74) is 0.0918. The van der Waals surface area contributed by atoms with Crippen LogP contribution in [0.15, 0.2) is 0 Å². The minimum absolute atomic E-state index is 0.00579. The van der Waals surface area contributed by atoms with Crippen molar-refractivity contribution in [3.05, 3.63) is 0 Å². The lowest BCUT2D eigenvalue weighted by Crippen LogP contribution is -2.42. The van der Waals surface area contributed by atoms with Crippen LogP contribution in [0.2, 0.25) is 0 Å². The molecule has 2 bridgehead atoms. The van der Waals surface area contributed by atoms with Gasteiger partial charge in [0.15, 0.2) is 0 Å². The molecule has 0 radical (unpaired) electrons. The van der Waals surface area contributed by atoms with E-state index in [4.69, 9.17) is 0 Å². The van der Waals surface area contributed by atoms with E-state index in [0.717, 1.165) is 12.8 Å². The Kier molecular flexibility index (Phi) is 2.79. The van der Waals surface area contributed by atoms with Gasteiger partial charge < -0.3 is 5.11 Å². The molecular weight excluding hydrogens is 220 g/mol. The van der Waals surface area contributed by atoms with Crippen molar-refractivity contribution < 1.29 is 9.32 Å². The third-order valence-corrected chi connectivity index (χ3v) is 7.52. The zero-order chi connectivity index (χ0) is 12.3. The number of hydrogen-bond acceptors (Lipinski definition) is 2. The van der Waals surface area contributed by atoms with Gasteiger partial charge in [-0.15, -0.1) is 0 Å². The van der Waals surface area contributed by atoms with Crippen LogP contribution < -0.4 is 0 Å². The van der Waals surface area contributed by atoms with Crippen LogP contribution in [0, 0.1) is 16.7 Å². The molecule has 2 aliphatic rings. The van der Waals surface area contributed by atoms with Crippen molar-refractivity contribution in [3.8, 4) is 0 Å². The molecular formula is C13H24O2S. The first-order valence-corrected chi connectivity index (χ1v) is 7.58. The van der Waals surface area contributed by atoms with E-state index in [0.29, 0.717) is 5.92 Å². The van der Waals surface area contributed by atoms with Gasteiger partial charge in [0.25, 0.3) is 0 Å². The Morgan fingerprint density at radius 3 is 2.25 bits per heavy atom. The Morgan fingerprint density at radius 1 is 1.31 bits per heavy atom. The van der Waals surface area contributed by atoms with Gasteiger partial charge in [-0.25, -0.2) is 0 Å². The standard InChI is InChI=1S/C13H24O2S/c1-8(2)16(15)10-9-6-7-13(5,11(10)14)12(9,3)4/h8-11,14H,6-7H2,1-5H3/t9-,10-,11-,13+,16?/m1/s1. The molecule has 0 spiro atoms. The summed E-state index contributed by atoms with van der Waals surface area (Å²) in [5, 5.41) is 10.6. The summed E-state index contributed by atoms with van der Waals surface area (Å²) in [6, 6.07) is 0. The largest absolute Gasteiger partial charge is 0.391 e. The number of hydrogen-bond donors (Lipinski definition) is 1. The van der Waals surface area contributed by atoms with Gasteiger partial charge in [-0.05, 0) is 24.2 Å². The first-order chi connectivity index (χ1) is 7.23. The van der Waals surface area contributed by atoms with E-state index < -0.39 is 10.8 Å². The second-order valence-corrected chi connectivity index (χ2v) is 8.72. The maximum atomic E-state index is 12.3. The molecule has 0 aliphatic heterocycles. The summed E-state index contributed by atoms with van der Waals surface area (Å²) in [5.74, 6) is 0.427. The van der Waals surface area contributed by atoms with Crippen LogP contribution in [0.4, 0.5) is 0 Å². The van der Waals surface area contributed by atoms with Crippen molar-refractivity contribution in [2.75, 3.05) is 0 Å². The molecule has 5 atom stereocenters. The van der Waals surface area contributed by atoms with Gasteiger partial charge in [0.2, 0.25) is 0 Å². The summed E-state index contributed by atoms with van der Waals surface area (Å²) in [7, 11) is -0.899. The highest BCUT2D eigenvalue weighted by Crippen LogP contribution is 2.66. The topological polar surface area (TPSA) is 37.3 Å². The summed E-state index contributed by atoms with van der Waals surface area (Å²) < 4.78 is 12.3. The summed E-state index contributed by atoms with van der Waals surface area (Å²) in [6.45, 7) is 10.6. The summed E-state index contributed by atoms with van der Waals surface area (Å²) in [6.07, 6.45) is 1.82. The van der Waals surface area contributed by atoms with Crippen LogP contribution in [0.5, 0.6) is 0 Å². The van der Waals surface area contributed by atoms with Crippen LogP contribution in [0.25, 0.3) is 0 Å². The van der Waals surface area contributed by atoms with Gasteiger partial charge in [0.05, 0.1) is 11.4 Å². The number of rotatable bonds is 2. The third-order valence-electron chi connectivity index (χ3n) is 5.47. The Labute approximate surface area is 101 Å². The van der Waals surface area contributed by atoms with Crippen molar-refractivity contribution in [1.82, 2.24) is 0 Å². The lowest BCUT2D eigenvalue weighted by atomic mass is 9.70. The molecule has 0 aromatic rings. The van der Waals surface area contributed by atoms with E-state index in [1.807, 2.05) is 13.8 Å². The molecule has 0 heterocycles. The lowest BCUT2D eigenvalue weighted by molar-refractivity contribution is 0.0143. The molecule has 1 N–H and O–H groups in total. The van der Waals surface area contributed by atoms with Crippen molar-refractivity contribution in [2.45, 2.75) is 64.1 Å². The van der Waals surface area contributed by atoms with E-state index in [2.05, 4.69) is 20.8 Å². The molecule has 0 saturated heterocycles. The highest BCUT2D eigenvalue weighted by atomic mass is 32.2. The van der Waals surface area contributed by atoms with E-state index >= 15 is 0 Å². The molecule has 2 saturated carbocycles. The van der Waals surface area contributed by atoms with Crippen molar-refractivity contribution in [2.24, 2.45) is 16.7 Å². The highest BCUT2D eigenvalue weighted by Gasteiger charge is 2.67. The fourth-order valence-corrected chi connectivity index (χ4v) is 5.83. The summed E-state index contributed by atoms with van der Waals surface area (Å²) >= 11 is 0. The SMILES string of the molecule is CC(C)S(=O)[C@@H]1[C@H]2CC[C@@](C)([C@@H]1O)C2(C)C. The van der Waals surface area contributed by atoms with E-state index in [1.165, 1.54) is 0 Å². The fourth-order valence-electron chi connectivity index (χ4n) is 3.85. The first kappa shape index (κ1) is 12.6. The van der Waals surface area contributed by atoms with Gasteiger partial charge in [0.1, 0.15) is 0 Å². The Bertz CT molecular complexity index is 324. The molecule has 0 aromatic carbocycles. The van der Waals surface area contributed by atoms with Crippen LogP contribution >= 0.6 is 0 Å². The molecule has 94 valence electrons. The van der Waals surface area contributed by atoms with Crippen LogP contribution in [0.3, 0.4) is 0 Å². The van der Waals surface area contributed by atoms with Crippen molar-refractivity contribution >= 4 is 10.8 Å². The van der Waals surface area contributed by atoms with Crippen molar-refractivity contribution in [1.29, 1.82) is 0 Å². The van der Waals surface area contributed by atoms with E-state index in [1.54, 1.807) is 0 Å². The van der Waals surface area contributed by atoms with Crippen LogP contribution in [-0.2, 0) is 10.8 Å². The molecule has 2 rings (SSSR count). The average Bonchev–Trinajstić information content (AvgIpc) is 2.48. The molecule has 16 heavy (non-hydrogen) atoms. The molecule has 2 fully saturated rings. The monoisotopic (exact) mass is 244 g/mol. The number of fused-ring (bicyclic) bond motifs is 2. The average molecular weight is 244 g/mol. The van der Waals surface area contributed by atoms with Gasteiger partial charge >= 0.3 is 0 Å². The molecule has 0 aromatic heterocycles. The Hall–Kier alpha value is 0.110. The highest BCUT2D eigenvalue weighted by molar-refractivity contribution is 7.86. The third kappa shape index (κ3) is 1.30. The smallest absolute Gasteiger partial charge is 0.0745 e. The fraction of sp³-hybridized carbons (Fsp3) is 1.00. The quantitative estimate of drug-likeness (QED) is 0.809. The Balaban J connectivity index is 2.37. The second-order valence-electron chi connectivity index (χ2n) is 6.57. The molecule has 2 aliphatic carbocycles. The Morgan fingerprint density at radius 2 is 1.88 bits per heavy atom. The zero-order valence-corrected chi connectivity index (χ0v) is 11.8. The lowest BCUT2D eigenvalue weighted by Gasteiger charge is -2.37. The predicted octanol–water partition coefficient (Wildman–Crippen LogP) is 2.33. The number of aliphatic hydroxyl groups excluding tert-OH is 1. The zero-order valence-electron chi connectivity index (χ0n) is 11.0. The minimum Gasteiger partial charge on any atom is -0.391 e. The molecule has 2 nitrogen and oxygen atoms in total. The van der Waals surface area contributed by atoms with E-state index in [9.17, 15) is 9.32 Å². The number of aliphatic hydroxyl groups is 1. The van der Waals surface area contributed by atoms with Gasteiger partial charge in [-0.2, -0.15) is 0 Å². The molecule has 1 unspecified atom stereocenters. The van der Waals surface area contributed by atoms with Crippen LogP contribution in [-0.4, -0.2) is 25.9 Å². The van der Waals surface area contributed by atoms with Crippen LogP contribution in [0.1, 0.15) is 47.5 Å². The van der Waals surface area contributed by atoms with Gasteiger partial charge in [0, 0.05) is 21.5 Å². The second kappa shape index (κ2) is 3.55. The normalized spacial score (nSPS) is 47.6. The molecule has 3 heteroatoms. The predicted molar refractivity (Wildman–Crippen MR) is 67.7 cm³/mol.